The van der Waals surface area contributed by atoms with Crippen molar-refractivity contribution in [2.75, 3.05) is 6.54 Å². The summed E-state index contributed by atoms with van der Waals surface area (Å²) in [6.07, 6.45) is 2.77. The molecule has 1 fully saturated rings. The summed E-state index contributed by atoms with van der Waals surface area (Å²) in [6.45, 7) is 4.72. The normalized spacial score (nSPS) is 22.7. The Hall–Kier alpha value is -1.24. The largest absolute Gasteiger partial charge is 0.333 e. The van der Waals surface area contributed by atoms with Gasteiger partial charge in [-0.1, -0.05) is 13.8 Å². The minimum Gasteiger partial charge on any atom is -0.333 e. The maximum absolute atomic E-state index is 11.0. The number of hydrogen-bond donors (Lipinski definition) is 1. The first-order chi connectivity index (χ1) is 5.63. The van der Waals surface area contributed by atoms with Gasteiger partial charge in [0.2, 0.25) is 0 Å². The van der Waals surface area contributed by atoms with Crippen LogP contribution in [0.1, 0.15) is 20.3 Å². The van der Waals surface area contributed by atoms with Crippen molar-refractivity contribution >= 4 is 6.03 Å². The summed E-state index contributed by atoms with van der Waals surface area (Å²) < 4.78 is 0. The molecule has 0 bridgehead atoms. The molecule has 1 unspecified atom stereocenters. The van der Waals surface area contributed by atoms with E-state index in [-0.39, 0.29) is 12.1 Å². The second-order valence-corrected chi connectivity index (χ2v) is 3.49. The van der Waals surface area contributed by atoms with Crippen LogP contribution in [0.4, 0.5) is 4.79 Å². The van der Waals surface area contributed by atoms with Gasteiger partial charge in [0.15, 0.2) is 6.19 Å². The minimum absolute atomic E-state index is 0.150. The van der Waals surface area contributed by atoms with Crippen LogP contribution in [0.15, 0.2) is 0 Å². The Balaban J connectivity index is 2.45. The molecule has 1 aliphatic rings. The van der Waals surface area contributed by atoms with Crippen molar-refractivity contribution < 1.29 is 4.79 Å². The number of hydrogen-bond acceptors (Lipinski definition) is 2. The average molecular weight is 167 g/mol. The standard InChI is InChI=1S/C8H13N3O/c1-6(2)3-7-4-11(5-9)8(12)10-7/h6-7H,3-4H2,1-2H3,(H,10,12). The van der Waals surface area contributed by atoms with Gasteiger partial charge in [0, 0.05) is 6.04 Å². The highest BCUT2D eigenvalue weighted by Gasteiger charge is 2.28. The van der Waals surface area contributed by atoms with Crippen molar-refractivity contribution in [3.63, 3.8) is 0 Å². The first-order valence-corrected chi connectivity index (χ1v) is 4.11. The molecule has 0 radical (unpaired) electrons. The molecule has 1 rings (SSSR count). The van der Waals surface area contributed by atoms with E-state index in [0.717, 1.165) is 11.3 Å². The molecule has 0 aliphatic carbocycles. The van der Waals surface area contributed by atoms with Gasteiger partial charge in [-0.3, -0.25) is 0 Å². The summed E-state index contributed by atoms with van der Waals surface area (Å²) in [5, 5.41) is 11.3. The molecule has 0 spiro atoms. The molecular weight excluding hydrogens is 154 g/mol. The van der Waals surface area contributed by atoms with E-state index in [1.54, 1.807) is 0 Å². The van der Waals surface area contributed by atoms with Crippen LogP contribution >= 0.6 is 0 Å². The zero-order valence-electron chi connectivity index (χ0n) is 7.37. The SMILES string of the molecule is CC(C)CC1CN(C#N)C(=O)N1. The third-order valence-electron chi connectivity index (χ3n) is 1.85. The topological polar surface area (TPSA) is 56.1 Å². The zero-order valence-corrected chi connectivity index (χ0v) is 7.37. The van der Waals surface area contributed by atoms with E-state index in [0.29, 0.717) is 12.5 Å². The van der Waals surface area contributed by atoms with Gasteiger partial charge >= 0.3 is 6.03 Å². The molecule has 0 aromatic carbocycles. The van der Waals surface area contributed by atoms with E-state index >= 15 is 0 Å². The van der Waals surface area contributed by atoms with E-state index in [2.05, 4.69) is 19.2 Å². The van der Waals surface area contributed by atoms with E-state index < -0.39 is 0 Å². The molecule has 1 heterocycles. The van der Waals surface area contributed by atoms with Crippen molar-refractivity contribution in [2.24, 2.45) is 5.92 Å². The van der Waals surface area contributed by atoms with Crippen LogP contribution in [0.25, 0.3) is 0 Å². The second kappa shape index (κ2) is 3.44. The molecule has 1 N–H and O–H groups in total. The highest BCUT2D eigenvalue weighted by atomic mass is 16.2. The van der Waals surface area contributed by atoms with Gasteiger partial charge in [0.1, 0.15) is 0 Å². The monoisotopic (exact) mass is 167 g/mol. The van der Waals surface area contributed by atoms with Gasteiger partial charge in [-0.15, -0.1) is 0 Å². The van der Waals surface area contributed by atoms with Crippen LogP contribution in [0, 0.1) is 17.4 Å². The van der Waals surface area contributed by atoms with E-state index in [4.69, 9.17) is 5.26 Å². The summed E-state index contributed by atoms with van der Waals surface area (Å²) in [6, 6.07) is -0.111. The van der Waals surface area contributed by atoms with Crippen LogP contribution in [-0.4, -0.2) is 23.5 Å². The molecule has 66 valence electrons. The van der Waals surface area contributed by atoms with E-state index in [9.17, 15) is 4.79 Å². The third kappa shape index (κ3) is 1.88. The van der Waals surface area contributed by atoms with Gasteiger partial charge in [-0.25, -0.2) is 9.69 Å². The van der Waals surface area contributed by atoms with Crippen molar-refractivity contribution in [1.29, 1.82) is 5.26 Å². The highest BCUT2D eigenvalue weighted by molar-refractivity contribution is 5.78. The van der Waals surface area contributed by atoms with Gasteiger partial charge in [0.05, 0.1) is 6.54 Å². The summed E-state index contributed by atoms with van der Waals surface area (Å²) in [4.78, 5) is 12.1. The summed E-state index contributed by atoms with van der Waals surface area (Å²) in [7, 11) is 0. The molecule has 12 heavy (non-hydrogen) atoms. The van der Waals surface area contributed by atoms with Gasteiger partial charge < -0.3 is 5.32 Å². The average Bonchev–Trinajstić information content (AvgIpc) is 2.29. The number of carbonyl (C=O) groups excluding carboxylic acids is 1. The fraction of sp³-hybridized carbons (Fsp3) is 0.750. The lowest BCUT2D eigenvalue weighted by Gasteiger charge is -2.10. The Kier molecular flexibility index (Phi) is 2.54. The molecule has 0 aromatic rings. The molecule has 4 heteroatoms. The molecule has 1 saturated heterocycles. The Bertz CT molecular complexity index is 219. The summed E-state index contributed by atoms with van der Waals surface area (Å²) >= 11 is 0. The molecule has 1 aliphatic heterocycles. The Morgan fingerprint density at radius 2 is 2.50 bits per heavy atom. The maximum atomic E-state index is 11.0. The number of nitriles is 1. The molecule has 0 saturated carbocycles. The van der Waals surface area contributed by atoms with Crippen LogP contribution < -0.4 is 5.32 Å². The van der Waals surface area contributed by atoms with Crippen molar-refractivity contribution in [2.45, 2.75) is 26.3 Å². The molecular formula is C8H13N3O. The Morgan fingerprint density at radius 1 is 1.83 bits per heavy atom. The second-order valence-electron chi connectivity index (χ2n) is 3.49. The van der Waals surface area contributed by atoms with Crippen LogP contribution in [0.3, 0.4) is 0 Å². The maximum Gasteiger partial charge on any atom is 0.330 e. The summed E-state index contributed by atoms with van der Waals surface area (Å²) in [5.74, 6) is 0.550. The quantitative estimate of drug-likeness (QED) is 0.621. The first kappa shape index (κ1) is 8.85. The molecule has 2 amide bonds. The zero-order chi connectivity index (χ0) is 9.14. The molecule has 0 aromatic heterocycles. The van der Waals surface area contributed by atoms with Crippen molar-refractivity contribution in [3.8, 4) is 6.19 Å². The molecule has 1 atom stereocenters. The van der Waals surface area contributed by atoms with Gasteiger partial charge in [0.25, 0.3) is 0 Å². The lowest BCUT2D eigenvalue weighted by Crippen LogP contribution is -2.27. The highest BCUT2D eigenvalue weighted by Crippen LogP contribution is 2.11. The van der Waals surface area contributed by atoms with Crippen molar-refractivity contribution in [1.82, 2.24) is 10.2 Å². The minimum atomic E-state index is -0.261. The Labute approximate surface area is 72.2 Å². The number of amides is 2. The number of rotatable bonds is 2. The fourth-order valence-corrected chi connectivity index (χ4v) is 1.39. The van der Waals surface area contributed by atoms with Crippen LogP contribution in [-0.2, 0) is 0 Å². The number of urea groups is 1. The van der Waals surface area contributed by atoms with Crippen LogP contribution in [0.5, 0.6) is 0 Å². The lowest BCUT2D eigenvalue weighted by atomic mass is 10.0. The predicted molar refractivity (Wildman–Crippen MR) is 44.1 cm³/mol. The lowest BCUT2D eigenvalue weighted by molar-refractivity contribution is 0.232. The van der Waals surface area contributed by atoms with E-state index in [1.807, 2.05) is 6.19 Å². The summed E-state index contributed by atoms with van der Waals surface area (Å²) in [5.41, 5.74) is 0. The fourth-order valence-electron chi connectivity index (χ4n) is 1.39. The number of nitrogens with one attached hydrogen (secondary N) is 1. The third-order valence-corrected chi connectivity index (χ3v) is 1.85. The van der Waals surface area contributed by atoms with Crippen LogP contribution in [0.2, 0.25) is 0 Å². The number of carbonyl (C=O) groups is 1. The van der Waals surface area contributed by atoms with E-state index in [1.165, 1.54) is 0 Å². The predicted octanol–water partition coefficient (Wildman–Crippen LogP) is 0.907. The van der Waals surface area contributed by atoms with Crippen molar-refractivity contribution in [3.05, 3.63) is 0 Å². The van der Waals surface area contributed by atoms with Gasteiger partial charge in [-0.2, -0.15) is 5.26 Å². The number of nitrogens with zero attached hydrogens (tertiary/aromatic N) is 2. The smallest absolute Gasteiger partial charge is 0.330 e. The first-order valence-electron chi connectivity index (χ1n) is 4.11. The Morgan fingerprint density at radius 3 is 2.92 bits per heavy atom. The molecule has 4 nitrogen and oxygen atoms in total. The van der Waals surface area contributed by atoms with Gasteiger partial charge in [-0.05, 0) is 12.3 Å².